The highest BCUT2D eigenvalue weighted by Crippen LogP contribution is 2.28. The van der Waals surface area contributed by atoms with E-state index >= 15 is 0 Å². The minimum atomic E-state index is -0.701. The van der Waals surface area contributed by atoms with Crippen molar-refractivity contribution in [2.75, 3.05) is 0 Å². The average molecular weight is 281 g/mol. The summed E-state index contributed by atoms with van der Waals surface area (Å²) in [5, 5.41) is 3.67. The first kappa shape index (κ1) is 14.4. The third-order valence-electron chi connectivity index (χ3n) is 3.92. The molecule has 0 aromatic heterocycles. The molecular formula is C15H21ClN2O. The summed E-state index contributed by atoms with van der Waals surface area (Å²) >= 11 is 6.14. The number of amides is 1. The van der Waals surface area contributed by atoms with Crippen molar-refractivity contribution in [1.29, 1.82) is 0 Å². The summed E-state index contributed by atoms with van der Waals surface area (Å²) in [4.78, 5) is 12.3. The number of hydrogen-bond acceptors (Lipinski definition) is 2. The molecule has 0 spiro atoms. The minimum absolute atomic E-state index is 0.0559. The van der Waals surface area contributed by atoms with Gasteiger partial charge in [0.05, 0.1) is 11.6 Å². The van der Waals surface area contributed by atoms with E-state index in [2.05, 4.69) is 5.32 Å². The lowest BCUT2D eigenvalue weighted by molar-refractivity contribution is -0.128. The Labute approximate surface area is 119 Å². The Bertz CT molecular complexity index is 455. The summed E-state index contributed by atoms with van der Waals surface area (Å²) < 4.78 is 0. The molecule has 0 unspecified atom stereocenters. The first-order valence-electron chi connectivity index (χ1n) is 6.87. The van der Waals surface area contributed by atoms with Crippen molar-refractivity contribution in [3.8, 4) is 0 Å². The molecule has 104 valence electrons. The fraction of sp³-hybridized carbons (Fsp3) is 0.533. The molecule has 3 nitrogen and oxygen atoms in total. The second-order valence-electron chi connectivity index (χ2n) is 5.43. The van der Waals surface area contributed by atoms with E-state index in [-0.39, 0.29) is 11.9 Å². The number of benzene rings is 1. The van der Waals surface area contributed by atoms with E-state index in [1.165, 1.54) is 6.42 Å². The predicted molar refractivity (Wildman–Crippen MR) is 78.0 cm³/mol. The molecule has 1 aliphatic rings. The molecule has 4 heteroatoms. The summed E-state index contributed by atoms with van der Waals surface area (Å²) in [5.41, 5.74) is 6.45. The predicted octanol–water partition coefficient (Wildman–Crippen LogP) is 3.18. The zero-order valence-corrected chi connectivity index (χ0v) is 12.0. The van der Waals surface area contributed by atoms with Gasteiger partial charge in [0.1, 0.15) is 0 Å². The number of carbonyl (C=O) groups is 1. The highest BCUT2D eigenvalue weighted by atomic mass is 35.5. The third-order valence-corrected chi connectivity index (χ3v) is 4.26. The lowest BCUT2D eigenvalue weighted by Crippen LogP contribution is -2.55. The van der Waals surface area contributed by atoms with Gasteiger partial charge in [-0.25, -0.2) is 0 Å². The first-order valence-corrected chi connectivity index (χ1v) is 7.25. The van der Waals surface area contributed by atoms with Gasteiger partial charge in [-0.1, -0.05) is 49.1 Å². The summed E-state index contributed by atoms with van der Waals surface area (Å²) in [6, 6.07) is 7.44. The summed E-state index contributed by atoms with van der Waals surface area (Å²) in [7, 11) is 0. The molecule has 1 amide bonds. The molecular weight excluding hydrogens is 260 g/mol. The van der Waals surface area contributed by atoms with Crippen LogP contribution in [0.15, 0.2) is 24.3 Å². The van der Waals surface area contributed by atoms with Crippen molar-refractivity contribution in [2.45, 2.75) is 50.6 Å². The summed E-state index contributed by atoms with van der Waals surface area (Å²) in [5.74, 6) is -0.0559. The monoisotopic (exact) mass is 280 g/mol. The molecule has 0 aliphatic heterocycles. The van der Waals surface area contributed by atoms with Gasteiger partial charge in [0.25, 0.3) is 0 Å². The van der Waals surface area contributed by atoms with E-state index in [9.17, 15) is 4.79 Å². The Morgan fingerprint density at radius 2 is 1.95 bits per heavy atom. The number of hydrogen-bond donors (Lipinski definition) is 2. The Kier molecular flexibility index (Phi) is 4.48. The standard InChI is InChI=1S/C15H21ClN2O/c1-11(12-7-3-4-8-13(12)16)18-14(19)15(17)9-5-2-6-10-15/h3-4,7-8,11H,2,5-6,9-10,17H2,1H3,(H,18,19)/t11-/m0/s1. The second kappa shape index (κ2) is 5.93. The molecule has 1 aliphatic carbocycles. The first-order chi connectivity index (χ1) is 9.03. The van der Waals surface area contributed by atoms with Crippen LogP contribution in [0.3, 0.4) is 0 Å². The Morgan fingerprint density at radius 3 is 2.58 bits per heavy atom. The van der Waals surface area contributed by atoms with Crippen molar-refractivity contribution < 1.29 is 4.79 Å². The highest BCUT2D eigenvalue weighted by Gasteiger charge is 2.35. The number of nitrogens with two attached hydrogens (primary N) is 1. The van der Waals surface area contributed by atoms with Crippen molar-refractivity contribution >= 4 is 17.5 Å². The van der Waals surface area contributed by atoms with Gasteiger partial charge in [-0.2, -0.15) is 0 Å². The number of nitrogens with one attached hydrogen (secondary N) is 1. The molecule has 1 aromatic carbocycles. The maximum absolute atomic E-state index is 12.3. The van der Waals surface area contributed by atoms with Gasteiger partial charge in [0.2, 0.25) is 5.91 Å². The fourth-order valence-corrected chi connectivity index (χ4v) is 2.95. The molecule has 0 saturated heterocycles. The summed E-state index contributed by atoms with van der Waals surface area (Å²) in [6.07, 6.45) is 4.78. The zero-order valence-electron chi connectivity index (χ0n) is 11.3. The van der Waals surface area contributed by atoms with E-state index in [4.69, 9.17) is 17.3 Å². The smallest absolute Gasteiger partial charge is 0.240 e. The Morgan fingerprint density at radius 1 is 1.32 bits per heavy atom. The number of rotatable bonds is 3. The van der Waals surface area contributed by atoms with E-state index in [1.54, 1.807) is 0 Å². The molecule has 3 N–H and O–H groups in total. The molecule has 1 atom stereocenters. The van der Waals surface area contributed by atoms with Crippen LogP contribution in [0.5, 0.6) is 0 Å². The van der Waals surface area contributed by atoms with Crippen LogP contribution in [0.2, 0.25) is 5.02 Å². The van der Waals surface area contributed by atoms with E-state index in [0.717, 1.165) is 31.2 Å². The SMILES string of the molecule is C[C@H](NC(=O)C1(N)CCCCC1)c1ccccc1Cl. The van der Waals surface area contributed by atoms with Crippen molar-refractivity contribution in [3.05, 3.63) is 34.9 Å². The Balaban J connectivity index is 2.04. The maximum atomic E-state index is 12.3. The molecule has 19 heavy (non-hydrogen) atoms. The van der Waals surface area contributed by atoms with E-state index in [1.807, 2.05) is 31.2 Å². The lowest BCUT2D eigenvalue weighted by atomic mass is 9.81. The zero-order chi connectivity index (χ0) is 13.9. The van der Waals surface area contributed by atoms with Crippen LogP contribution in [0, 0.1) is 0 Å². The molecule has 0 radical (unpaired) electrons. The van der Waals surface area contributed by atoms with Gasteiger partial charge in [0, 0.05) is 5.02 Å². The second-order valence-corrected chi connectivity index (χ2v) is 5.84. The van der Waals surface area contributed by atoms with Crippen molar-refractivity contribution in [2.24, 2.45) is 5.73 Å². The molecule has 0 bridgehead atoms. The molecule has 0 heterocycles. The van der Waals surface area contributed by atoms with Crippen LogP contribution in [-0.4, -0.2) is 11.4 Å². The third kappa shape index (κ3) is 3.28. The fourth-order valence-electron chi connectivity index (χ4n) is 2.65. The van der Waals surface area contributed by atoms with Crippen LogP contribution >= 0.6 is 11.6 Å². The van der Waals surface area contributed by atoms with Crippen LogP contribution in [-0.2, 0) is 4.79 Å². The average Bonchev–Trinajstić information content (AvgIpc) is 2.40. The van der Waals surface area contributed by atoms with Crippen LogP contribution < -0.4 is 11.1 Å². The van der Waals surface area contributed by atoms with Gasteiger partial charge >= 0.3 is 0 Å². The summed E-state index contributed by atoms with van der Waals surface area (Å²) in [6.45, 7) is 1.94. The number of carbonyl (C=O) groups excluding carboxylic acids is 1. The van der Waals surface area contributed by atoms with Gasteiger partial charge in [-0.3, -0.25) is 4.79 Å². The Hall–Kier alpha value is -1.06. The van der Waals surface area contributed by atoms with Crippen molar-refractivity contribution in [3.63, 3.8) is 0 Å². The largest absolute Gasteiger partial charge is 0.348 e. The van der Waals surface area contributed by atoms with Crippen LogP contribution in [0.25, 0.3) is 0 Å². The maximum Gasteiger partial charge on any atom is 0.240 e. The van der Waals surface area contributed by atoms with E-state index in [0.29, 0.717) is 5.02 Å². The van der Waals surface area contributed by atoms with Gasteiger partial charge < -0.3 is 11.1 Å². The highest BCUT2D eigenvalue weighted by molar-refractivity contribution is 6.31. The topological polar surface area (TPSA) is 55.1 Å². The van der Waals surface area contributed by atoms with Crippen LogP contribution in [0.1, 0.15) is 50.6 Å². The normalized spacial score (nSPS) is 19.7. The molecule has 1 saturated carbocycles. The number of halogens is 1. The van der Waals surface area contributed by atoms with Gasteiger partial charge in [-0.05, 0) is 31.4 Å². The molecule has 1 aromatic rings. The molecule has 1 fully saturated rings. The van der Waals surface area contributed by atoms with Gasteiger partial charge in [-0.15, -0.1) is 0 Å². The van der Waals surface area contributed by atoms with Crippen LogP contribution in [0.4, 0.5) is 0 Å². The lowest BCUT2D eigenvalue weighted by Gasteiger charge is -2.33. The quantitative estimate of drug-likeness (QED) is 0.893. The minimum Gasteiger partial charge on any atom is -0.348 e. The van der Waals surface area contributed by atoms with E-state index < -0.39 is 5.54 Å². The van der Waals surface area contributed by atoms with Crippen molar-refractivity contribution in [1.82, 2.24) is 5.32 Å². The van der Waals surface area contributed by atoms with Gasteiger partial charge in [0.15, 0.2) is 0 Å². The molecule has 2 rings (SSSR count).